The third-order valence-corrected chi connectivity index (χ3v) is 5.41. The molecule has 4 N–H and O–H groups in total. The number of hydrogen-bond donors (Lipinski definition) is 4. The van der Waals surface area contributed by atoms with Crippen LogP contribution in [0.15, 0.2) is 78.9 Å². The number of phenols is 1. The summed E-state index contributed by atoms with van der Waals surface area (Å²) >= 11 is 0. The Labute approximate surface area is 196 Å². The third-order valence-electron chi connectivity index (χ3n) is 5.41. The number of carbonyl (C=O) groups is 3. The van der Waals surface area contributed by atoms with Gasteiger partial charge in [-0.05, 0) is 42.3 Å². The second-order valence-electron chi connectivity index (χ2n) is 7.80. The molecule has 2 atom stereocenters. The first-order valence-electron chi connectivity index (χ1n) is 10.8. The van der Waals surface area contributed by atoms with Gasteiger partial charge in [0, 0.05) is 22.6 Å². The summed E-state index contributed by atoms with van der Waals surface area (Å²) in [6, 6.07) is 18.8. The Balaban J connectivity index is 1.84. The second-order valence-corrected chi connectivity index (χ2v) is 7.80. The lowest BCUT2D eigenvalue weighted by atomic mass is 9.89. The molecule has 0 bridgehead atoms. The first-order chi connectivity index (χ1) is 16.4. The van der Waals surface area contributed by atoms with E-state index in [1.54, 1.807) is 60.7 Å². The van der Waals surface area contributed by atoms with E-state index in [4.69, 9.17) is 9.94 Å². The fraction of sp³-hybridized carbons (Fsp3) is 0.192. The Hall–Kier alpha value is -4.17. The maximum absolute atomic E-state index is 12.7. The summed E-state index contributed by atoms with van der Waals surface area (Å²) in [7, 11) is 0. The number of amides is 3. The van der Waals surface area contributed by atoms with Crippen molar-refractivity contribution in [2.24, 2.45) is 5.92 Å². The monoisotopic (exact) mass is 462 g/mol. The van der Waals surface area contributed by atoms with Gasteiger partial charge >= 0.3 is 6.09 Å². The zero-order valence-electron chi connectivity index (χ0n) is 18.6. The van der Waals surface area contributed by atoms with Crippen LogP contribution in [0, 0.1) is 5.92 Å². The predicted octanol–water partition coefficient (Wildman–Crippen LogP) is 4.63. The fourth-order valence-electron chi connectivity index (χ4n) is 3.68. The molecule has 0 saturated heterocycles. The van der Waals surface area contributed by atoms with E-state index in [1.165, 1.54) is 11.6 Å². The van der Waals surface area contributed by atoms with Crippen LogP contribution in [-0.4, -0.2) is 28.2 Å². The molecule has 176 valence electrons. The van der Waals surface area contributed by atoms with Gasteiger partial charge in [0.1, 0.15) is 11.9 Å². The van der Waals surface area contributed by atoms with Gasteiger partial charge in [0.25, 0.3) is 11.8 Å². The molecule has 0 aromatic heterocycles. The van der Waals surface area contributed by atoms with Crippen molar-refractivity contribution in [1.29, 1.82) is 0 Å². The number of phenolic OH excluding ortho intramolecular Hbond substituents is 1. The van der Waals surface area contributed by atoms with Gasteiger partial charge in [-0.3, -0.25) is 20.1 Å². The van der Waals surface area contributed by atoms with E-state index in [1.807, 2.05) is 19.1 Å². The van der Waals surface area contributed by atoms with Crippen molar-refractivity contribution in [1.82, 2.24) is 10.8 Å². The minimum Gasteiger partial charge on any atom is -0.507 e. The quantitative estimate of drug-likeness (QED) is 0.220. The van der Waals surface area contributed by atoms with Crippen LogP contribution in [0.5, 0.6) is 5.75 Å². The van der Waals surface area contributed by atoms with Crippen LogP contribution in [0.3, 0.4) is 0 Å². The summed E-state index contributed by atoms with van der Waals surface area (Å²) in [4.78, 5) is 36.2. The number of imide groups is 1. The smallest absolute Gasteiger partial charge is 0.414 e. The first-order valence-corrected chi connectivity index (χ1v) is 10.8. The van der Waals surface area contributed by atoms with Crippen molar-refractivity contribution >= 4 is 28.7 Å². The molecule has 3 rings (SSSR count). The van der Waals surface area contributed by atoms with Crippen molar-refractivity contribution in [3.8, 4) is 5.75 Å². The van der Waals surface area contributed by atoms with Crippen LogP contribution in [0.25, 0.3) is 10.8 Å². The van der Waals surface area contributed by atoms with Gasteiger partial charge in [0.05, 0.1) is 0 Å². The summed E-state index contributed by atoms with van der Waals surface area (Å²) in [5.41, 5.74) is 2.53. The average molecular weight is 463 g/mol. The Kier molecular flexibility index (Phi) is 8.37. The number of fused-ring (bicyclic) bond motifs is 1. The SMILES string of the molecule is C[C@H](CC/C=C/C(=O)NO)[C@H](OC(=O)NC(=O)c1ccccc1)c1ccc(O)c2ccccc12. The van der Waals surface area contributed by atoms with Crippen molar-refractivity contribution < 1.29 is 29.4 Å². The molecule has 0 radical (unpaired) electrons. The highest BCUT2D eigenvalue weighted by Gasteiger charge is 2.26. The molecule has 8 heteroatoms. The fourth-order valence-corrected chi connectivity index (χ4v) is 3.68. The number of nitrogens with one attached hydrogen (secondary N) is 2. The van der Waals surface area contributed by atoms with Crippen LogP contribution in [0.4, 0.5) is 4.79 Å². The number of ether oxygens (including phenoxy) is 1. The van der Waals surface area contributed by atoms with E-state index in [2.05, 4.69) is 5.32 Å². The summed E-state index contributed by atoms with van der Waals surface area (Å²) < 4.78 is 5.74. The highest BCUT2D eigenvalue weighted by molar-refractivity contribution is 6.03. The average Bonchev–Trinajstić information content (AvgIpc) is 2.86. The van der Waals surface area contributed by atoms with Crippen molar-refractivity contribution in [3.05, 3.63) is 90.0 Å². The van der Waals surface area contributed by atoms with E-state index < -0.39 is 24.0 Å². The predicted molar refractivity (Wildman–Crippen MR) is 126 cm³/mol. The molecule has 0 fully saturated rings. The summed E-state index contributed by atoms with van der Waals surface area (Å²) in [5, 5.41) is 22.4. The molecule has 0 aliphatic heterocycles. The van der Waals surface area contributed by atoms with Crippen molar-refractivity contribution in [2.45, 2.75) is 25.9 Å². The van der Waals surface area contributed by atoms with Crippen LogP contribution in [0.1, 0.15) is 41.8 Å². The van der Waals surface area contributed by atoms with Gasteiger partial charge < -0.3 is 9.84 Å². The highest BCUT2D eigenvalue weighted by Crippen LogP contribution is 2.37. The van der Waals surface area contributed by atoms with Crippen molar-refractivity contribution in [2.75, 3.05) is 0 Å². The molecule has 3 aromatic carbocycles. The molecular weight excluding hydrogens is 436 g/mol. The van der Waals surface area contributed by atoms with Gasteiger partial charge in [0.2, 0.25) is 0 Å². The van der Waals surface area contributed by atoms with Crippen LogP contribution in [-0.2, 0) is 9.53 Å². The molecule has 0 aliphatic rings. The largest absolute Gasteiger partial charge is 0.507 e. The lowest BCUT2D eigenvalue weighted by molar-refractivity contribution is -0.124. The minimum absolute atomic E-state index is 0.104. The molecule has 3 amide bonds. The molecule has 0 unspecified atom stereocenters. The molecule has 0 aliphatic carbocycles. The maximum atomic E-state index is 12.7. The molecule has 0 spiro atoms. The molecule has 0 saturated carbocycles. The number of aromatic hydroxyl groups is 1. The highest BCUT2D eigenvalue weighted by atomic mass is 16.6. The number of hydrogen-bond acceptors (Lipinski definition) is 6. The van der Waals surface area contributed by atoms with Gasteiger partial charge in [-0.15, -0.1) is 0 Å². The minimum atomic E-state index is -0.891. The lowest BCUT2D eigenvalue weighted by Gasteiger charge is -2.26. The first kappa shape index (κ1) is 24.5. The zero-order chi connectivity index (χ0) is 24.5. The van der Waals surface area contributed by atoms with E-state index >= 15 is 0 Å². The van der Waals surface area contributed by atoms with E-state index in [0.717, 1.165) is 5.39 Å². The van der Waals surface area contributed by atoms with Crippen LogP contribution >= 0.6 is 0 Å². The second kappa shape index (κ2) is 11.6. The number of carbonyl (C=O) groups excluding carboxylic acids is 3. The number of hydroxylamine groups is 1. The van der Waals surface area contributed by atoms with E-state index in [-0.39, 0.29) is 11.7 Å². The standard InChI is InChI=1S/C26H26N2O6/c1-17(9-5-8-14-23(30)28-33)24(21-15-16-22(29)20-13-7-6-12-19(20)21)34-26(32)27-25(31)18-10-3-2-4-11-18/h2-4,6-8,10-17,24,29,33H,5,9H2,1H3,(H,28,30)(H,27,31,32)/b14-8+/t17-,24+/m1/s1. The molecule has 8 nitrogen and oxygen atoms in total. The molecule has 0 heterocycles. The molecule has 34 heavy (non-hydrogen) atoms. The lowest BCUT2D eigenvalue weighted by Crippen LogP contribution is -2.33. The van der Waals surface area contributed by atoms with Gasteiger partial charge in [-0.25, -0.2) is 10.3 Å². The van der Waals surface area contributed by atoms with Gasteiger partial charge in [0.15, 0.2) is 0 Å². The molecule has 3 aromatic rings. The zero-order valence-corrected chi connectivity index (χ0v) is 18.6. The van der Waals surface area contributed by atoms with E-state index in [9.17, 15) is 19.5 Å². The normalized spacial score (nSPS) is 12.8. The third kappa shape index (κ3) is 6.20. The number of allylic oxidation sites excluding steroid dienone is 1. The Morgan fingerprint density at radius 2 is 1.65 bits per heavy atom. The van der Waals surface area contributed by atoms with E-state index in [0.29, 0.717) is 29.4 Å². The maximum Gasteiger partial charge on any atom is 0.414 e. The summed E-state index contributed by atoms with van der Waals surface area (Å²) in [6.07, 6.45) is 2.20. The number of alkyl carbamates (subject to hydrolysis) is 1. The van der Waals surface area contributed by atoms with Gasteiger partial charge in [-0.1, -0.05) is 61.5 Å². The molecular formula is C26H26N2O6. The summed E-state index contributed by atoms with van der Waals surface area (Å²) in [5.74, 6) is -1.32. The topological polar surface area (TPSA) is 125 Å². The number of benzene rings is 3. The van der Waals surface area contributed by atoms with Crippen molar-refractivity contribution in [3.63, 3.8) is 0 Å². The number of rotatable bonds is 8. The Bertz CT molecular complexity index is 1190. The van der Waals surface area contributed by atoms with Gasteiger partial charge in [-0.2, -0.15) is 0 Å². The Morgan fingerprint density at radius 1 is 0.971 bits per heavy atom. The van der Waals surface area contributed by atoms with Crippen LogP contribution in [0.2, 0.25) is 0 Å². The Morgan fingerprint density at radius 3 is 2.35 bits per heavy atom. The van der Waals surface area contributed by atoms with Crippen LogP contribution < -0.4 is 10.8 Å². The summed E-state index contributed by atoms with van der Waals surface area (Å²) in [6.45, 7) is 1.89.